The van der Waals surface area contributed by atoms with Gasteiger partial charge in [-0.2, -0.15) is 0 Å². The topological polar surface area (TPSA) is 66.0 Å². The molecule has 0 radical (unpaired) electrons. The van der Waals surface area contributed by atoms with E-state index in [1.54, 1.807) is 29.1 Å². The fourth-order valence-corrected chi connectivity index (χ4v) is 3.30. The number of nitrogens with zero attached hydrogens (tertiary/aromatic N) is 4. The van der Waals surface area contributed by atoms with Crippen molar-refractivity contribution in [2.75, 3.05) is 44.2 Å². The fourth-order valence-electron chi connectivity index (χ4n) is 3.30. The Balaban J connectivity index is 1.70. The highest BCUT2D eigenvalue weighted by atomic mass is 16.6. The van der Waals surface area contributed by atoms with E-state index in [0.29, 0.717) is 38.3 Å². The van der Waals surface area contributed by atoms with Crippen LogP contribution >= 0.6 is 0 Å². The SMILES string of the molecule is CCOC(=O)N1CCN(C(=O)c2cncc(N(CC)c3ccccc3)c2)CC1. The molecule has 0 aliphatic carbocycles. The summed E-state index contributed by atoms with van der Waals surface area (Å²) in [7, 11) is 0. The summed E-state index contributed by atoms with van der Waals surface area (Å²) < 4.78 is 5.03. The molecule has 0 saturated carbocycles. The lowest BCUT2D eigenvalue weighted by Gasteiger charge is -2.34. The second-order valence-electron chi connectivity index (χ2n) is 6.49. The summed E-state index contributed by atoms with van der Waals surface area (Å²) in [6, 6.07) is 11.9. The Morgan fingerprint density at radius 3 is 2.32 bits per heavy atom. The van der Waals surface area contributed by atoms with Crippen molar-refractivity contribution >= 4 is 23.4 Å². The first-order valence-corrected chi connectivity index (χ1v) is 9.62. The van der Waals surface area contributed by atoms with Crippen molar-refractivity contribution in [3.05, 3.63) is 54.4 Å². The quantitative estimate of drug-likeness (QED) is 0.795. The molecule has 0 N–H and O–H groups in total. The molecule has 1 aliphatic rings. The third-order valence-electron chi connectivity index (χ3n) is 4.76. The van der Waals surface area contributed by atoms with Crippen molar-refractivity contribution in [2.24, 2.45) is 0 Å². The summed E-state index contributed by atoms with van der Waals surface area (Å²) in [5, 5.41) is 0. The minimum absolute atomic E-state index is 0.0676. The Hall–Kier alpha value is -3.09. The van der Waals surface area contributed by atoms with Crippen LogP contribution in [0, 0.1) is 0 Å². The third-order valence-corrected chi connectivity index (χ3v) is 4.76. The van der Waals surface area contributed by atoms with Crippen molar-refractivity contribution in [2.45, 2.75) is 13.8 Å². The third kappa shape index (κ3) is 4.42. The number of ether oxygens (including phenoxy) is 1. The van der Waals surface area contributed by atoms with E-state index in [0.717, 1.165) is 17.9 Å². The largest absolute Gasteiger partial charge is 0.450 e. The lowest BCUT2D eigenvalue weighted by Crippen LogP contribution is -2.50. The van der Waals surface area contributed by atoms with Gasteiger partial charge < -0.3 is 19.4 Å². The van der Waals surface area contributed by atoms with Gasteiger partial charge in [-0.05, 0) is 32.0 Å². The highest BCUT2D eigenvalue weighted by Gasteiger charge is 2.26. The molecule has 0 unspecified atom stereocenters. The molecule has 1 aromatic heterocycles. The number of hydrogen-bond acceptors (Lipinski definition) is 5. The van der Waals surface area contributed by atoms with Gasteiger partial charge in [0.25, 0.3) is 5.91 Å². The first kappa shape index (κ1) is 19.7. The number of benzene rings is 1. The minimum Gasteiger partial charge on any atom is -0.450 e. The maximum atomic E-state index is 12.9. The summed E-state index contributed by atoms with van der Waals surface area (Å²) in [4.78, 5) is 34.5. The summed E-state index contributed by atoms with van der Waals surface area (Å²) >= 11 is 0. The number of aromatic nitrogens is 1. The number of hydrogen-bond donors (Lipinski definition) is 0. The van der Waals surface area contributed by atoms with Crippen LogP contribution in [0.5, 0.6) is 0 Å². The lowest BCUT2D eigenvalue weighted by molar-refractivity contribution is 0.0570. The molecule has 2 heterocycles. The van der Waals surface area contributed by atoms with Crippen LogP contribution < -0.4 is 4.90 Å². The molecule has 3 rings (SSSR count). The van der Waals surface area contributed by atoms with Gasteiger partial charge in [-0.25, -0.2) is 4.79 Å². The average molecular weight is 382 g/mol. The molecule has 0 atom stereocenters. The van der Waals surface area contributed by atoms with Gasteiger partial charge in [0.2, 0.25) is 0 Å². The zero-order valence-electron chi connectivity index (χ0n) is 16.4. The summed E-state index contributed by atoms with van der Waals surface area (Å²) in [5.74, 6) is -0.0676. The van der Waals surface area contributed by atoms with Gasteiger partial charge in [0.05, 0.1) is 24.1 Å². The van der Waals surface area contributed by atoms with Crippen LogP contribution in [0.3, 0.4) is 0 Å². The summed E-state index contributed by atoms with van der Waals surface area (Å²) in [6.45, 7) is 6.89. The second kappa shape index (κ2) is 9.21. The Kier molecular flexibility index (Phi) is 6.47. The molecular weight excluding hydrogens is 356 g/mol. The second-order valence-corrected chi connectivity index (χ2v) is 6.49. The monoisotopic (exact) mass is 382 g/mol. The number of rotatable bonds is 5. The molecule has 148 valence electrons. The Bertz CT molecular complexity index is 804. The van der Waals surface area contributed by atoms with Gasteiger partial charge in [0.1, 0.15) is 0 Å². The van der Waals surface area contributed by atoms with Crippen LogP contribution in [0.15, 0.2) is 48.8 Å². The maximum absolute atomic E-state index is 12.9. The molecule has 1 aliphatic heterocycles. The van der Waals surface area contributed by atoms with Crippen molar-refractivity contribution in [1.29, 1.82) is 0 Å². The van der Waals surface area contributed by atoms with E-state index >= 15 is 0 Å². The van der Waals surface area contributed by atoms with Crippen LogP contribution in [0.4, 0.5) is 16.2 Å². The van der Waals surface area contributed by atoms with Crippen LogP contribution in [-0.2, 0) is 4.74 Å². The highest BCUT2D eigenvalue weighted by molar-refractivity contribution is 5.95. The number of para-hydroxylation sites is 1. The predicted octanol–water partition coefficient (Wildman–Crippen LogP) is 3.15. The first-order chi connectivity index (χ1) is 13.6. The Labute approximate surface area is 165 Å². The maximum Gasteiger partial charge on any atom is 0.409 e. The van der Waals surface area contributed by atoms with Gasteiger partial charge in [0, 0.05) is 44.6 Å². The van der Waals surface area contributed by atoms with E-state index in [2.05, 4.69) is 16.8 Å². The van der Waals surface area contributed by atoms with Gasteiger partial charge in [-0.15, -0.1) is 0 Å². The van der Waals surface area contributed by atoms with E-state index in [1.165, 1.54) is 0 Å². The fraction of sp³-hybridized carbons (Fsp3) is 0.381. The predicted molar refractivity (Wildman–Crippen MR) is 108 cm³/mol. The van der Waals surface area contributed by atoms with Crippen LogP contribution in [-0.4, -0.2) is 66.1 Å². The average Bonchev–Trinajstić information content (AvgIpc) is 2.75. The van der Waals surface area contributed by atoms with Crippen molar-refractivity contribution < 1.29 is 14.3 Å². The molecule has 7 nitrogen and oxygen atoms in total. The minimum atomic E-state index is -0.320. The summed E-state index contributed by atoms with van der Waals surface area (Å²) in [5.41, 5.74) is 2.49. The van der Waals surface area contributed by atoms with Crippen LogP contribution in [0.25, 0.3) is 0 Å². The smallest absolute Gasteiger partial charge is 0.409 e. The molecule has 28 heavy (non-hydrogen) atoms. The molecule has 2 aromatic rings. The number of anilines is 2. The Morgan fingerprint density at radius 1 is 1.00 bits per heavy atom. The van der Waals surface area contributed by atoms with Crippen LogP contribution in [0.1, 0.15) is 24.2 Å². The van der Waals surface area contributed by atoms with Gasteiger partial charge >= 0.3 is 6.09 Å². The number of carbonyl (C=O) groups excluding carboxylic acids is 2. The number of amides is 2. The van der Waals surface area contributed by atoms with E-state index in [-0.39, 0.29) is 12.0 Å². The molecule has 1 fully saturated rings. The molecule has 2 amide bonds. The number of pyridine rings is 1. The zero-order chi connectivity index (χ0) is 19.9. The summed E-state index contributed by atoms with van der Waals surface area (Å²) in [6.07, 6.45) is 3.05. The highest BCUT2D eigenvalue weighted by Crippen LogP contribution is 2.25. The van der Waals surface area contributed by atoms with Crippen molar-refractivity contribution in [3.63, 3.8) is 0 Å². The van der Waals surface area contributed by atoms with E-state index < -0.39 is 0 Å². The normalized spacial score (nSPS) is 13.9. The molecule has 1 aromatic carbocycles. The van der Waals surface area contributed by atoms with E-state index in [4.69, 9.17) is 4.74 Å². The van der Waals surface area contributed by atoms with Crippen molar-refractivity contribution in [1.82, 2.24) is 14.8 Å². The van der Waals surface area contributed by atoms with Gasteiger partial charge in [-0.1, -0.05) is 18.2 Å². The van der Waals surface area contributed by atoms with Crippen molar-refractivity contribution in [3.8, 4) is 0 Å². The molecular formula is C21H26N4O3. The lowest BCUT2D eigenvalue weighted by atomic mass is 10.2. The van der Waals surface area contributed by atoms with Gasteiger partial charge in [0.15, 0.2) is 0 Å². The number of piperazine rings is 1. The van der Waals surface area contributed by atoms with E-state index in [1.807, 2.05) is 36.4 Å². The first-order valence-electron chi connectivity index (χ1n) is 9.62. The molecule has 7 heteroatoms. The van der Waals surface area contributed by atoms with Gasteiger partial charge in [-0.3, -0.25) is 9.78 Å². The van der Waals surface area contributed by atoms with E-state index in [9.17, 15) is 9.59 Å². The van der Waals surface area contributed by atoms with Crippen LogP contribution in [0.2, 0.25) is 0 Å². The zero-order valence-corrected chi connectivity index (χ0v) is 16.4. The molecule has 0 spiro atoms. The standard InChI is InChI=1S/C21H26N4O3/c1-3-25(18-8-6-5-7-9-18)19-14-17(15-22-16-19)20(26)23-10-12-24(13-11-23)21(27)28-4-2/h5-9,14-16H,3-4,10-13H2,1-2H3. The Morgan fingerprint density at radius 2 is 1.68 bits per heavy atom. The molecule has 1 saturated heterocycles. The number of carbonyl (C=O) groups is 2. The molecule has 0 bridgehead atoms.